The first-order valence-corrected chi connectivity index (χ1v) is 8.59. The van der Waals surface area contributed by atoms with Crippen LogP contribution in [0.3, 0.4) is 0 Å². The molecule has 1 atom stereocenters. The van der Waals surface area contributed by atoms with E-state index in [-0.39, 0.29) is 5.54 Å². The molecule has 116 valence electrons. The SMILES string of the molecule is COc1ccc(Br)c(CN2CC(C)(C)NCC2C2CC2)c1. The quantitative estimate of drug-likeness (QED) is 0.898. The maximum Gasteiger partial charge on any atom is 0.119 e. The van der Waals surface area contributed by atoms with Gasteiger partial charge in [-0.15, -0.1) is 0 Å². The van der Waals surface area contributed by atoms with Crippen LogP contribution in [0.4, 0.5) is 0 Å². The topological polar surface area (TPSA) is 24.5 Å². The Bertz CT molecular complexity index is 514. The molecule has 0 spiro atoms. The third-order valence-electron chi connectivity index (χ3n) is 4.65. The van der Waals surface area contributed by atoms with Crippen molar-refractivity contribution in [1.82, 2.24) is 10.2 Å². The Balaban J connectivity index is 1.79. The van der Waals surface area contributed by atoms with Gasteiger partial charge >= 0.3 is 0 Å². The van der Waals surface area contributed by atoms with Gasteiger partial charge < -0.3 is 10.1 Å². The zero-order valence-corrected chi connectivity index (χ0v) is 14.7. The van der Waals surface area contributed by atoms with E-state index in [1.54, 1.807) is 7.11 Å². The van der Waals surface area contributed by atoms with E-state index < -0.39 is 0 Å². The van der Waals surface area contributed by atoms with Crippen molar-refractivity contribution in [3.05, 3.63) is 28.2 Å². The minimum atomic E-state index is 0.191. The molecule has 1 aliphatic heterocycles. The molecule has 2 fully saturated rings. The highest BCUT2D eigenvalue weighted by Crippen LogP contribution is 2.38. The van der Waals surface area contributed by atoms with Crippen molar-refractivity contribution in [2.24, 2.45) is 5.92 Å². The molecule has 1 saturated carbocycles. The number of halogens is 1. The summed E-state index contributed by atoms with van der Waals surface area (Å²) >= 11 is 3.69. The molecule has 1 aromatic rings. The molecule has 1 aliphatic carbocycles. The molecule has 1 N–H and O–H groups in total. The van der Waals surface area contributed by atoms with Gasteiger partial charge in [0.1, 0.15) is 5.75 Å². The van der Waals surface area contributed by atoms with E-state index in [4.69, 9.17) is 4.74 Å². The van der Waals surface area contributed by atoms with Gasteiger partial charge in [0.2, 0.25) is 0 Å². The molecule has 0 aromatic heterocycles. The Labute approximate surface area is 136 Å². The number of ether oxygens (including phenoxy) is 1. The summed E-state index contributed by atoms with van der Waals surface area (Å²) in [6.45, 7) is 7.79. The van der Waals surface area contributed by atoms with Gasteiger partial charge in [0, 0.05) is 35.7 Å². The lowest BCUT2D eigenvalue weighted by Gasteiger charge is -2.45. The number of nitrogens with zero attached hydrogens (tertiary/aromatic N) is 1. The lowest BCUT2D eigenvalue weighted by Crippen LogP contribution is -2.61. The van der Waals surface area contributed by atoms with Crippen LogP contribution in [0.5, 0.6) is 5.75 Å². The molecule has 0 radical (unpaired) electrons. The Hall–Kier alpha value is -0.580. The summed E-state index contributed by atoms with van der Waals surface area (Å²) in [5.41, 5.74) is 1.51. The van der Waals surface area contributed by atoms with Crippen molar-refractivity contribution in [3.8, 4) is 5.75 Å². The van der Waals surface area contributed by atoms with Gasteiger partial charge in [0.25, 0.3) is 0 Å². The lowest BCUT2D eigenvalue weighted by molar-refractivity contribution is 0.0757. The van der Waals surface area contributed by atoms with Gasteiger partial charge in [-0.1, -0.05) is 15.9 Å². The van der Waals surface area contributed by atoms with E-state index in [0.717, 1.165) is 31.3 Å². The van der Waals surface area contributed by atoms with Crippen LogP contribution in [0.1, 0.15) is 32.3 Å². The minimum Gasteiger partial charge on any atom is -0.497 e. The van der Waals surface area contributed by atoms with Crippen LogP contribution >= 0.6 is 15.9 Å². The smallest absolute Gasteiger partial charge is 0.119 e. The highest BCUT2D eigenvalue weighted by Gasteiger charge is 2.40. The predicted octanol–water partition coefficient (Wildman–Crippen LogP) is 3.42. The van der Waals surface area contributed by atoms with Gasteiger partial charge in [-0.25, -0.2) is 0 Å². The summed E-state index contributed by atoms with van der Waals surface area (Å²) in [6.07, 6.45) is 2.78. The van der Waals surface area contributed by atoms with E-state index in [0.29, 0.717) is 6.04 Å². The molecule has 3 nitrogen and oxygen atoms in total. The average molecular weight is 353 g/mol. The molecule has 0 bridgehead atoms. The van der Waals surface area contributed by atoms with Gasteiger partial charge in [-0.05, 0) is 56.4 Å². The van der Waals surface area contributed by atoms with Crippen LogP contribution < -0.4 is 10.1 Å². The first-order chi connectivity index (χ1) is 9.98. The van der Waals surface area contributed by atoms with Gasteiger partial charge in [-0.3, -0.25) is 4.90 Å². The van der Waals surface area contributed by atoms with Crippen molar-refractivity contribution in [2.75, 3.05) is 20.2 Å². The molecule has 1 heterocycles. The molecule has 1 saturated heterocycles. The summed E-state index contributed by atoms with van der Waals surface area (Å²) in [6, 6.07) is 6.93. The molecule has 2 aliphatic rings. The normalized spacial score (nSPS) is 25.8. The molecule has 21 heavy (non-hydrogen) atoms. The number of hydrogen-bond donors (Lipinski definition) is 1. The number of methoxy groups -OCH3 is 1. The highest BCUT2D eigenvalue weighted by atomic mass is 79.9. The summed E-state index contributed by atoms with van der Waals surface area (Å²) < 4.78 is 6.55. The van der Waals surface area contributed by atoms with Crippen LogP contribution in [0.25, 0.3) is 0 Å². The zero-order valence-electron chi connectivity index (χ0n) is 13.2. The fourth-order valence-electron chi connectivity index (χ4n) is 3.33. The zero-order chi connectivity index (χ0) is 15.0. The maximum atomic E-state index is 5.37. The Kier molecular flexibility index (Phi) is 4.30. The molecule has 4 heteroatoms. The number of rotatable bonds is 4. The third kappa shape index (κ3) is 3.61. The predicted molar refractivity (Wildman–Crippen MR) is 89.7 cm³/mol. The molecular formula is C17H25BrN2O. The van der Waals surface area contributed by atoms with Crippen LogP contribution in [0.2, 0.25) is 0 Å². The van der Waals surface area contributed by atoms with Gasteiger partial charge in [-0.2, -0.15) is 0 Å². The summed E-state index contributed by atoms with van der Waals surface area (Å²) in [5, 5.41) is 3.70. The molecule has 1 unspecified atom stereocenters. The van der Waals surface area contributed by atoms with E-state index in [9.17, 15) is 0 Å². The van der Waals surface area contributed by atoms with E-state index in [1.807, 2.05) is 6.07 Å². The number of hydrogen-bond acceptors (Lipinski definition) is 3. The van der Waals surface area contributed by atoms with Crippen molar-refractivity contribution < 1.29 is 4.74 Å². The first kappa shape index (κ1) is 15.3. The van der Waals surface area contributed by atoms with Crippen LogP contribution in [-0.4, -0.2) is 36.7 Å². The molecule has 1 aromatic carbocycles. The lowest BCUT2D eigenvalue weighted by atomic mass is 9.96. The molecule has 0 amide bonds. The van der Waals surface area contributed by atoms with Gasteiger partial charge in [0.05, 0.1) is 7.11 Å². The van der Waals surface area contributed by atoms with Crippen LogP contribution in [-0.2, 0) is 6.54 Å². The minimum absolute atomic E-state index is 0.191. The number of benzene rings is 1. The molecule has 3 rings (SSSR count). The number of nitrogens with one attached hydrogen (secondary N) is 1. The Morgan fingerprint density at radius 1 is 1.38 bits per heavy atom. The second kappa shape index (κ2) is 5.90. The van der Waals surface area contributed by atoms with Gasteiger partial charge in [0.15, 0.2) is 0 Å². The fourth-order valence-corrected chi connectivity index (χ4v) is 3.70. The first-order valence-electron chi connectivity index (χ1n) is 7.80. The maximum absolute atomic E-state index is 5.37. The summed E-state index contributed by atoms with van der Waals surface area (Å²) in [7, 11) is 1.73. The van der Waals surface area contributed by atoms with E-state index >= 15 is 0 Å². The van der Waals surface area contributed by atoms with Crippen molar-refractivity contribution >= 4 is 15.9 Å². The largest absolute Gasteiger partial charge is 0.497 e. The van der Waals surface area contributed by atoms with Crippen molar-refractivity contribution in [3.63, 3.8) is 0 Å². The van der Waals surface area contributed by atoms with E-state index in [2.05, 4.69) is 52.1 Å². The van der Waals surface area contributed by atoms with E-state index in [1.165, 1.54) is 22.9 Å². The highest BCUT2D eigenvalue weighted by molar-refractivity contribution is 9.10. The van der Waals surface area contributed by atoms with Crippen molar-refractivity contribution in [1.29, 1.82) is 0 Å². The Morgan fingerprint density at radius 2 is 2.14 bits per heavy atom. The standard InChI is InChI=1S/C17H25BrN2O/c1-17(2)11-20(16(9-19-17)12-4-5-12)10-13-8-14(21-3)6-7-15(13)18/h6-8,12,16,19H,4-5,9-11H2,1-3H3. The van der Waals surface area contributed by atoms with Crippen LogP contribution in [0, 0.1) is 5.92 Å². The van der Waals surface area contributed by atoms with Crippen molar-refractivity contribution in [2.45, 2.75) is 44.8 Å². The summed E-state index contributed by atoms with van der Waals surface area (Å²) in [4.78, 5) is 2.66. The average Bonchev–Trinajstić information content (AvgIpc) is 3.25. The van der Waals surface area contributed by atoms with Crippen LogP contribution in [0.15, 0.2) is 22.7 Å². The Morgan fingerprint density at radius 3 is 2.81 bits per heavy atom. The second-order valence-corrected chi connectivity index (χ2v) is 7.89. The molecular weight excluding hydrogens is 328 g/mol. The fraction of sp³-hybridized carbons (Fsp3) is 0.647. The third-order valence-corrected chi connectivity index (χ3v) is 5.42. The second-order valence-electron chi connectivity index (χ2n) is 7.03. The monoisotopic (exact) mass is 352 g/mol. The number of piperazine rings is 1. The summed E-state index contributed by atoms with van der Waals surface area (Å²) in [5.74, 6) is 1.82.